The number of amides is 2. The Hall–Kier alpha value is -2.64. The summed E-state index contributed by atoms with van der Waals surface area (Å²) in [5, 5.41) is 15.5. The average Bonchev–Trinajstić information content (AvgIpc) is 2.37. The summed E-state index contributed by atoms with van der Waals surface area (Å²) < 4.78 is 4.91. The average molecular weight is 295 g/mol. The maximum atomic E-state index is 11.6. The van der Waals surface area contributed by atoms with Crippen LogP contribution in [0.3, 0.4) is 0 Å². The minimum Gasteiger partial charge on any atom is -0.463 e. The number of anilines is 1. The Labute approximate surface area is 121 Å². The molecule has 114 valence electrons. The van der Waals surface area contributed by atoms with Crippen LogP contribution in [0.25, 0.3) is 0 Å². The molecule has 1 rings (SSSR count). The van der Waals surface area contributed by atoms with Crippen molar-refractivity contribution >= 4 is 23.4 Å². The van der Waals surface area contributed by atoms with Crippen LogP contribution in [-0.2, 0) is 9.53 Å². The standard InChI is InChI=1S/C13H17N3O5/c1-9(2)21-12(17)6-7-14-13(18)15-10-4-3-5-11(8-10)16(19)20/h3-5,8-9H,6-7H2,1-2H3,(H2,14,15,18). The van der Waals surface area contributed by atoms with Gasteiger partial charge in [0.25, 0.3) is 5.69 Å². The number of nitro groups is 1. The molecule has 8 heteroatoms. The maximum absolute atomic E-state index is 11.6. The van der Waals surface area contributed by atoms with Gasteiger partial charge < -0.3 is 15.4 Å². The Bertz CT molecular complexity index is 530. The van der Waals surface area contributed by atoms with Gasteiger partial charge >= 0.3 is 12.0 Å². The van der Waals surface area contributed by atoms with Gasteiger partial charge in [-0.15, -0.1) is 0 Å². The fourth-order valence-electron chi connectivity index (χ4n) is 1.47. The Morgan fingerprint density at radius 3 is 2.71 bits per heavy atom. The number of esters is 1. The fraction of sp³-hybridized carbons (Fsp3) is 0.385. The fourth-order valence-corrected chi connectivity index (χ4v) is 1.47. The minimum absolute atomic E-state index is 0.0561. The van der Waals surface area contributed by atoms with Crippen LogP contribution < -0.4 is 10.6 Å². The van der Waals surface area contributed by atoms with Crippen molar-refractivity contribution < 1.29 is 19.2 Å². The molecule has 0 atom stereocenters. The van der Waals surface area contributed by atoms with Crippen LogP contribution in [0.2, 0.25) is 0 Å². The normalized spacial score (nSPS) is 10.0. The first-order valence-electron chi connectivity index (χ1n) is 6.37. The van der Waals surface area contributed by atoms with E-state index in [4.69, 9.17) is 4.74 Å². The van der Waals surface area contributed by atoms with Gasteiger partial charge in [0.15, 0.2) is 0 Å². The highest BCUT2D eigenvalue weighted by Crippen LogP contribution is 2.16. The number of benzene rings is 1. The number of nitrogens with one attached hydrogen (secondary N) is 2. The number of non-ortho nitro benzene ring substituents is 1. The van der Waals surface area contributed by atoms with Gasteiger partial charge in [-0.3, -0.25) is 14.9 Å². The van der Waals surface area contributed by atoms with E-state index in [0.29, 0.717) is 5.69 Å². The number of rotatable bonds is 6. The Balaban J connectivity index is 2.39. The number of urea groups is 1. The molecule has 0 aliphatic heterocycles. The van der Waals surface area contributed by atoms with Crippen LogP contribution in [0.5, 0.6) is 0 Å². The molecule has 8 nitrogen and oxygen atoms in total. The lowest BCUT2D eigenvalue weighted by Gasteiger charge is -2.09. The van der Waals surface area contributed by atoms with E-state index in [1.165, 1.54) is 24.3 Å². The number of hydrogen-bond acceptors (Lipinski definition) is 5. The molecular weight excluding hydrogens is 278 g/mol. The molecule has 0 aliphatic carbocycles. The summed E-state index contributed by atoms with van der Waals surface area (Å²) in [6.07, 6.45) is -0.142. The number of ether oxygens (including phenoxy) is 1. The summed E-state index contributed by atoms with van der Waals surface area (Å²) in [6.45, 7) is 3.59. The van der Waals surface area contributed by atoms with Crippen LogP contribution in [0.1, 0.15) is 20.3 Å². The number of carbonyl (C=O) groups excluding carboxylic acids is 2. The van der Waals surface area contributed by atoms with E-state index in [9.17, 15) is 19.7 Å². The number of carbonyl (C=O) groups is 2. The van der Waals surface area contributed by atoms with Crippen molar-refractivity contribution in [2.24, 2.45) is 0 Å². The third-order valence-corrected chi connectivity index (χ3v) is 2.30. The molecule has 0 aliphatic rings. The predicted octanol–water partition coefficient (Wildman–Crippen LogP) is 2.06. The Kier molecular flexibility index (Phi) is 6.12. The molecule has 21 heavy (non-hydrogen) atoms. The third kappa shape index (κ3) is 6.37. The van der Waals surface area contributed by atoms with Gasteiger partial charge in [-0.2, -0.15) is 0 Å². The monoisotopic (exact) mass is 295 g/mol. The predicted molar refractivity (Wildman–Crippen MR) is 76.0 cm³/mol. The van der Waals surface area contributed by atoms with Gasteiger partial charge in [-0.1, -0.05) is 6.07 Å². The first kappa shape index (κ1) is 16.4. The molecule has 1 aromatic rings. The maximum Gasteiger partial charge on any atom is 0.319 e. The van der Waals surface area contributed by atoms with Gasteiger partial charge in [0.05, 0.1) is 17.4 Å². The quantitative estimate of drug-likeness (QED) is 0.474. The van der Waals surface area contributed by atoms with E-state index in [1.807, 2.05) is 0 Å². The lowest BCUT2D eigenvalue weighted by Crippen LogP contribution is -2.31. The van der Waals surface area contributed by atoms with Crippen molar-refractivity contribution in [3.8, 4) is 0 Å². The summed E-state index contributed by atoms with van der Waals surface area (Å²) in [5.41, 5.74) is 0.180. The van der Waals surface area contributed by atoms with Crippen LogP contribution in [0, 0.1) is 10.1 Å². The number of nitrogens with zero attached hydrogens (tertiary/aromatic N) is 1. The molecule has 2 amide bonds. The molecule has 0 heterocycles. The van der Waals surface area contributed by atoms with Crippen molar-refractivity contribution in [2.75, 3.05) is 11.9 Å². The molecule has 1 aromatic carbocycles. The molecule has 2 N–H and O–H groups in total. The molecular formula is C13H17N3O5. The van der Waals surface area contributed by atoms with Gasteiger partial charge in [-0.25, -0.2) is 4.79 Å². The zero-order chi connectivity index (χ0) is 15.8. The van der Waals surface area contributed by atoms with Crippen molar-refractivity contribution in [2.45, 2.75) is 26.4 Å². The SMILES string of the molecule is CC(C)OC(=O)CCNC(=O)Nc1cccc([N+](=O)[O-])c1. The van der Waals surface area contributed by atoms with E-state index in [-0.39, 0.29) is 24.8 Å². The van der Waals surface area contributed by atoms with E-state index in [1.54, 1.807) is 13.8 Å². The number of hydrogen-bond donors (Lipinski definition) is 2. The zero-order valence-electron chi connectivity index (χ0n) is 11.8. The summed E-state index contributed by atoms with van der Waals surface area (Å²) >= 11 is 0. The Morgan fingerprint density at radius 2 is 2.10 bits per heavy atom. The summed E-state index contributed by atoms with van der Waals surface area (Å²) in [6, 6.07) is 5.01. The first-order chi connectivity index (χ1) is 9.88. The molecule has 0 fully saturated rings. The van der Waals surface area contributed by atoms with Gasteiger partial charge in [-0.05, 0) is 19.9 Å². The highest BCUT2D eigenvalue weighted by atomic mass is 16.6. The lowest BCUT2D eigenvalue weighted by atomic mass is 10.3. The van der Waals surface area contributed by atoms with E-state index < -0.39 is 16.9 Å². The van der Waals surface area contributed by atoms with Gasteiger partial charge in [0, 0.05) is 24.4 Å². The topological polar surface area (TPSA) is 111 Å². The Morgan fingerprint density at radius 1 is 1.38 bits per heavy atom. The molecule has 0 saturated heterocycles. The lowest BCUT2D eigenvalue weighted by molar-refractivity contribution is -0.384. The molecule has 0 spiro atoms. The first-order valence-corrected chi connectivity index (χ1v) is 6.37. The van der Waals surface area contributed by atoms with Crippen molar-refractivity contribution in [1.29, 1.82) is 0 Å². The van der Waals surface area contributed by atoms with E-state index in [0.717, 1.165) is 0 Å². The largest absolute Gasteiger partial charge is 0.463 e. The van der Waals surface area contributed by atoms with Crippen LogP contribution in [-0.4, -0.2) is 29.6 Å². The molecule has 0 radical (unpaired) electrons. The van der Waals surface area contributed by atoms with Crippen LogP contribution >= 0.6 is 0 Å². The van der Waals surface area contributed by atoms with Gasteiger partial charge in [0.2, 0.25) is 0 Å². The van der Waals surface area contributed by atoms with Crippen molar-refractivity contribution in [3.63, 3.8) is 0 Å². The second-order valence-electron chi connectivity index (χ2n) is 4.48. The highest BCUT2D eigenvalue weighted by molar-refractivity contribution is 5.89. The van der Waals surface area contributed by atoms with E-state index in [2.05, 4.69) is 10.6 Å². The smallest absolute Gasteiger partial charge is 0.319 e. The summed E-state index contributed by atoms with van der Waals surface area (Å²) in [7, 11) is 0. The third-order valence-electron chi connectivity index (χ3n) is 2.30. The van der Waals surface area contributed by atoms with Crippen molar-refractivity contribution in [1.82, 2.24) is 5.32 Å². The minimum atomic E-state index is -0.551. The number of nitro benzene ring substituents is 1. The van der Waals surface area contributed by atoms with Crippen LogP contribution in [0.4, 0.5) is 16.2 Å². The molecule has 0 bridgehead atoms. The summed E-state index contributed by atoms with van der Waals surface area (Å²) in [5.74, 6) is -0.402. The molecule has 0 unspecified atom stereocenters. The molecule has 0 aromatic heterocycles. The second-order valence-corrected chi connectivity index (χ2v) is 4.48. The van der Waals surface area contributed by atoms with Gasteiger partial charge in [0.1, 0.15) is 0 Å². The highest BCUT2D eigenvalue weighted by Gasteiger charge is 2.09. The second kappa shape index (κ2) is 7.83. The van der Waals surface area contributed by atoms with E-state index >= 15 is 0 Å². The van der Waals surface area contributed by atoms with Crippen molar-refractivity contribution in [3.05, 3.63) is 34.4 Å². The zero-order valence-corrected chi connectivity index (χ0v) is 11.8. The molecule has 0 saturated carbocycles. The van der Waals surface area contributed by atoms with Crippen LogP contribution in [0.15, 0.2) is 24.3 Å². The summed E-state index contributed by atoms with van der Waals surface area (Å²) in [4.78, 5) is 32.8.